The van der Waals surface area contributed by atoms with E-state index in [1.807, 2.05) is 6.07 Å². The lowest BCUT2D eigenvalue weighted by molar-refractivity contribution is -0.130. The first kappa shape index (κ1) is 23.7. The molecule has 8 nitrogen and oxygen atoms in total. The van der Waals surface area contributed by atoms with E-state index in [0.717, 1.165) is 5.56 Å². The Morgan fingerprint density at radius 1 is 1.30 bits per heavy atom. The molecule has 2 atom stereocenters. The minimum absolute atomic E-state index is 0.0529. The van der Waals surface area contributed by atoms with Crippen LogP contribution < -0.4 is 5.32 Å². The van der Waals surface area contributed by atoms with Gasteiger partial charge >= 0.3 is 0 Å². The number of nitrogens with zero attached hydrogens (tertiary/aromatic N) is 2. The Morgan fingerprint density at radius 2 is 2.09 bits per heavy atom. The largest absolute Gasteiger partial charge is 0.392 e. The summed E-state index contributed by atoms with van der Waals surface area (Å²) in [5.74, 6) is -1.37. The minimum Gasteiger partial charge on any atom is -0.392 e. The zero-order valence-corrected chi connectivity index (χ0v) is 19.1. The van der Waals surface area contributed by atoms with Crippen molar-refractivity contribution in [2.75, 3.05) is 37.8 Å². The number of β-amino-alcohol motifs (C(OH)–C–C–N with tert-alkyl or cyclic N) is 1. The number of rotatable bonds is 6. The Morgan fingerprint density at radius 3 is 2.79 bits per heavy atom. The van der Waals surface area contributed by atoms with Gasteiger partial charge in [0.2, 0.25) is 11.8 Å². The highest BCUT2D eigenvalue weighted by molar-refractivity contribution is 8.25. The Hall–Kier alpha value is -2.50. The van der Waals surface area contributed by atoms with E-state index in [0.29, 0.717) is 37.3 Å². The van der Waals surface area contributed by atoms with Crippen LogP contribution in [0.1, 0.15) is 23.6 Å². The predicted octanol–water partition coefficient (Wildman–Crippen LogP) is 2.70. The maximum absolute atomic E-state index is 13.9. The smallest absolute Gasteiger partial charge is 0.244 e. The SMILES string of the molecule is CN(C[C@@H](c1cccc(F)c1)N1CC[C@H](O)C1)C(=O)Cc1ccc2c(c1)NC(=O)CS2(O)O. The molecule has 2 heterocycles. The third-order valence-corrected chi connectivity index (χ3v) is 7.82. The van der Waals surface area contributed by atoms with Gasteiger partial charge in [-0.3, -0.25) is 23.6 Å². The average Bonchev–Trinajstić information content (AvgIpc) is 3.16. The molecule has 10 heteroatoms. The van der Waals surface area contributed by atoms with Crippen molar-refractivity contribution in [1.29, 1.82) is 0 Å². The second kappa shape index (κ2) is 9.40. The van der Waals surface area contributed by atoms with Crippen molar-refractivity contribution in [2.24, 2.45) is 0 Å². The van der Waals surface area contributed by atoms with Gasteiger partial charge in [0, 0.05) is 26.7 Å². The average molecular weight is 478 g/mol. The number of aliphatic hydroxyl groups is 1. The van der Waals surface area contributed by atoms with Gasteiger partial charge in [-0.1, -0.05) is 18.2 Å². The summed E-state index contributed by atoms with van der Waals surface area (Å²) in [4.78, 5) is 28.7. The van der Waals surface area contributed by atoms with Crippen molar-refractivity contribution in [3.8, 4) is 0 Å². The number of likely N-dealkylation sites (tertiary alicyclic amines) is 1. The quantitative estimate of drug-likeness (QED) is 0.509. The number of carbonyl (C=O) groups is 2. The molecule has 0 saturated carbocycles. The number of hydrogen-bond acceptors (Lipinski definition) is 6. The predicted molar refractivity (Wildman–Crippen MR) is 124 cm³/mol. The van der Waals surface area contributed by atoms with E-state index in [-0.39, 0.29) is 34.8 Å². The standard InChI is InChI=1S/C23H28FN3O5S/c1-26(13-20(27-8-7-18(28)12-27)16-3-2-4-17(24)11-16)23(30)10-15-5-6-21-19(9-15)25-22(29)14-33(21,31)32/h2-6,9,11,18,20,28,31-32H,7-8,10,12-14H2,1H3,(H,25,29)/t18-,20-/m0/s1. The molecule has 1 saturated heterocycles. The Kier molecular flexibility index (Phi) is 6.73. The molecule has 0 aromatic heterocycles. The number of nitrogens with one attached hydrogen (secondary N) is 1. The van der Waals surface area contributed by atoms with Gasteiger partial charge in [0.05, 0.1) is 29.1 Å². The van der Waals surface area contributed by atoms with Crippen LogP contribution >= 0.6 is 10.6 Å². The van der Waals surface area contributed by atoms with Crippen LogP contribution in [0.4, 0.5) is 10.1 Å². The third kappa shape index (κ3) is 5.36. The van der Waals surface area contributed by atoms with E-state index < -0.39 is 22.6 Å². The van der Waals surface area contributed by atoms with Crippen molar-refractivity contribution in [1.82, 2.24) is 9.80 Å². The molecule has 4 N–H and O–H groups in total. The van der Waals surface area contributed by atoms with Crippen LogP contribution in [-0.4, -0.2) is 74.4 Å². The van der Waals surface area contributed by atoms with Crippen LogP contribution in [-0.2, 0) is 16.0 Å². The van der Waals surface area contributed by atoms with Crippen molar-refractivity contribution in [3.05, 3.63) is 59.4 Å². The van der Waals surface area contributed by atoms with Gasteiger partial charge in [-0.05, 0) is 41.8 Å². The van der Waals surface area contributed by atoms with Crippen LogP contribution in [0.3, 0.4) is 0 Å². The molecule has 2 aliphatic rings. The third-order valence-electron chi connectivity index (χ3n) is 6.10. The molecule has 1 fully saturated rings. The number of amides is 2. The molecule has 2 amide bonds. The highest BCUT2D eigenvalue weighted by Crippen LogP contribution is 2.53. The highest BCUT2D eigenvalue weighted by Gasteiger charge is 2.31. The van der Waals surface area contributed by atoms with Crippen LogP contribution in [0.25, 0.3) is 0 Å². The summed E-state index contributed by atoms with van der Waals surface area (Å²) in [6, 6.07) is 10.8. The van der Waals surface area contributed by atoms with E-state index in [9.17, 15) is 28.2 Å². The fourth-order valence-electron chi connectivity index (χ4n) is 4.38. The van der Waals surface area contributed by atoms with Gasteiger partial charge < -0.3 is 15.3 Å². The normalized spacial score (nSPS) is 21.7. The van der Waals surface area contributed by atoms with Crippen molar-refractivity contribution < 1.29 is 28.2 Å². The van der Waals surface area contributed by atoms with Crippen LogP contribution in [0.2, 0.25) is 0 Å². The molecular formula is C23H28FN3O5S. The summed E-state index contributed by atoms with van der Waals surface area (Å²) in [5, 5.41) is 12.6. The first-order valence-electron chi connectivity index (χ1n) is 10.7. The minimum atomic E-state index is -3.18. The van der Waals surface area contributed by atoms with Gasteiger partial charge in [0.15, 0.2) is 0 Å². The molecular weight excluding hydrogens is 449 g/mol. The zero-order chi connectivity index (χ0) is 23.8. The van der Waals surface area contributed by atoms with E-state index in [4.69, 9.17) is 0 Å². The van der Waals surface area contributed by atoms with Gasteiger partial charge in [-0.25, -0.2) is 4.39 Å². The van der Waals surface area contributed by atoms with Crippen LogP contribution in [0.5, 0.6) is 0 Å². The Balaban J connectivity index is 1.49. The van der Waals surface area contributed by atoms with Crippen LogP contribution in [0, 0.1) is 5.82 Å². The van der Waals surface area contributed by atoms with Gasteiger partial charge in [0.25, 0.3) is 0 Å². The van der Waals surface area contributed by atoms with Gasteiger partial charge in [0.1, 0.15) is 11.6 Å². The number of carbonyl (C=O) groups excluding carboxylic acids is 2. The maximum atomic E-state index is 13.9. The lowest BCUT2D eigenvalue weighted by atomic mass is 10.0. The summed E-state index contributed by atoms with van der Waals surface area (Å²) < 4.78 is 34.2. The number of likely N-dealkylation sites (N-methyl/N-ethyl adjacent to an activating group) is 1. The second-order valence-corrected chi connectivity index (χ2v) is 10.7. The molecule has 178 valence electrons. The van der Waals surface area contributed by atoms with E-state index in [1.54, 1.807) is 30.1 Å². The summed E-state index contributed by atoms with van der Waals surface area (Å²) in [6.07, 6.45) is 0.237. The molecule has 2 aromatic carbocycles. The molecule has 33 heavy (non-hydrogen) atoms. The summed E-state index contributed by atoms with van der Waals surface area (Å²) in [7, 11) is -1.50. The molecule has 2 aromatic rings. The maximum Gasteiger partial charge on any atom is 0.244 e. The van der Waals surface area contributed by atoms with Crippen molar-refractivity contribution >= 4 is 28.1 Å². The molecule has 0 spiro atoms. The molecule has 2 aliphatic heterocycles. The fourth-order valence-corrected chi connectivity index (χ4v) is 5.73. The van der Waals surface area contributed by atoms with Gasteiger partial charge in [-0.2, -0.15) is 10.6 Å². The fraction of sp³-hybridized carbons (Fsp3) is 0.391. The molecule has 0 unspecified atom stereocenters. The Bertz CT molecular complexity index is 1070. The Labute approximate surface area is 193 Å². The van der Waals surface area contributed by atoms with E-state index in [2.05, 4.69) is 10.2 Å². The molecule has 0 aliphatic carbocycles. The number of halogens is 1. The van der Waals surface area contributed by atoms with E-state index in [1.165, 1.54) is 18.2 Å². The number of anilines is 1. The summed E-state index contributed by atoms with van der Waals surface area (Å²) in [6.45, 7) is 1.43. The summed E-state index contributed by atoms with van der Waals surface area (Å²) >= 11 is 0. The first-order chi connectivity index (χ1) is 15.6. The van der Waals surface area contributed by atoms with Crippen LogP contribution in [0.15, 0.2) is 47.4 Å². The summed E-state index contributed by atoms with van der Waals surface area (Å²) in [5.41, 5.74) is 1.68. The second-order valence-electron chi connectivity index (χ2n) is 8.65. The number of aliphatic hydroxyl groups excluding tert-OH is 1. The molecule has 0 bridgehead atoms. The topological polar surface area (TPSA) is 113 Å². The first-order valence-corrected chi connectivity index (χ1v) is 12.4. The number of hydrogen-bond donors (Lipinski definition) is 4. The highest BCUT2D eigenvalue weighted by atomic mass is 32.3. The molecule has 0 radical (unpaired) electrons. The van der Waals surface area contributed by atoms with E-state index >= 15 is 0 Å². The van der Waals surface area contributed by atoms with Crippen molar-refractivity contribution in [3.63, 3.8) is 0 Å². The lowest BCUT2D eigenvalue weighted by Crippen LogP contribution is -2.39. The number of fused-ring (bicyclic) bond motifs is 1. The van der Waals surface area contributed by atoms with Crippen molar-refractivity contribution in [2.45, 2.75) is 29.9 Å². The zero-order valence-electron chi connectivity index (χ0n) is 18.3. The number of benzene rings is 2. The monoisotopic (exact) mass is 477 g/mol. The molecule has 4 rings (SSSR count). The van der Waals surface area contributed by atoms with Gasteiger partial charge in [-0.15, -0.1) is 0 Å². The lowest BCUT2D eigenvalue weighted by Gasteiger charge is -2.37.